The quantitative estimate of drug-likeness (QED) is 0.355. The van der Waals surface area contributed by atoms with Crippen LogP contribution in [0, 0.1) is 10.1 Å². The molecule has 0 amide bonds. The lowest BCUT2D eigenvalue weighted by atomic mass is 10.2. The van der Waals surface area contributed by atoms with Crippen LogP contribution in [0.5, 0.6) is 0 Å². The molecule has 0 saturated carbocycles. The predicted molar refractivity (Wildman–Crippen MR) is 59.4 cm³/mol. The Kier molecular flexibility index (Phi) is 1.97. The van der Waals surface area contributed by atoms with Gasteiger partial charge in [0.2, 0.25) is 5.95 Å². The molecule has 8 nitrogen and oxygen atoms in total. The molecule has 8 heteroatoms. The van der Waals surface area contributed by atoms with Crippen molar-refractivity contribution in [3.63, 3.8) is 0 Å². The molecule has 0 unspecified atom stereocenters. The second kappa shape index (κ2) is 3.19. The summed E-state index contributed by atoms with van der Waals surface area (Å²) in [6, 6.07) is 2.67. The van der Waals surface area contributed by atoms with E-state index in [2.05, 4.69) is 9.97 Å². The van der Waals surface area contributed by atoms with Gasteiger partial charge >= 0.3 is 0 Å². The molecule has 0 radical (unpaired) electrons. The number of rotatable bonds is 1. The zero-order valence-electron chi connectivity index (χ0n) is 8.04. The molecule has 0 fully saturated rings. The van der Waals surface area contributed by atoms with Gasteiger partial charge in [-0.2, -0.15) is 4.98 Å². The van der Waals surface area contributed by atoms with Crippen molar-refractivity contribution in [2.45, 2.75) is 0 Å². The maximum absolute atomic E-state index is 10.8. The van der Waals surface area contributed by atoms with E-state index < -0.39 is 4.92 Å². The molecular formula is C8H8N6O2. The third kappa shape index (κ3) is 1.41. The first-order valence-electron chi connectivity index (χ1n) is 4.25. The number of hydrogen-bond acceptors (Lipinski definition) is 7. The number of non-ortho nitro benzene ring substituents is 1. The Balaban J connectivity index is 2.95. The highest BCUT2D eigenvalue weighted by molar-refractivity contribution is 5.97. The van der Waals surface area contributed by atoms with Crippen molar-refractivity contribution < 1.29 is 4.92 Å². The van der Waals surface area contributed by atoms with Crippen LogP contribution in [-0.4, -0.2) is 14.9 Å². The molecule has 0 aliphatic carbocycles. The molecule has 0 aliphatic heterocycles. The molecule has 2 aromatic rings. The number of nitrogen functional groups attached to an aromatic ring is 3. The van der Waals surface area contributed by atoms with E-state index in [4.69, 9.17) is 17.2 Å². The fraction of sp³-hybridized carbons (Fsp3) is 0. The van der Waals surface area contributed by atoms with Gasteiger partial charge in [-0.3, -0.25) is 10.1 Å². The van der Waals surface area contributed by atoms with E-state index in [9.17, 15) is 10.1 Å². The highest BCUT2D eigenvalue weighted by atomic mass is 16.6. The van der Waals surface area contributed by atoms with Gasteiger partial charge in [-0.25, -0.2) is 4.98 Å². The largest absolute Gasteiger partial charge is 0.399 e. The molecule has 16 heavy (non-hydrogen) atoms. The van der Waals surface area contributed by atoms with Crippen molar-refractivity contribution in [2.24, 2.45) is 0 Å². The topological polar surface area (TPSA) is 147 Å². The predicted octanol–water partition coefficient (Wildman–Crippen LogP) is 0.285. The smallest absolute Gasteiger partial charge is 0.297 e. The number of nitrogens with zero attached hydrogens (tertiary/aromatic N) is 3. The van der Waals surface area contributed by atoms with Crippen LogP contribution in [-0.2, 0) is 0 Å². The van der Waals surface area contributed by atoms with Crippen LogP contribution in [0.15, 0.2) is 12.1 Å². The Morgan fingerprint density at radius 3 is 2.50 bits per heavy atom. The van der Waals surface area contributed by atoms with Crippen molar-refractivity contribution in [2.75, 3.05) is 17.2 Å². The minimum Gasteiger partial charge on any atom is -0.399 e. The lowest BCUT2D eigenvalue weighted by molar-refractivity contribution is -0.383. The maximum atomic E-state index is 10.8. The summed E-state index contributed by atoms with van der Waals surface area (Å²) in [4.78, 5) is 17.7. The third-order valence-electron chi connectivity index (χ3n) is 2.05. The summed E-state index contributed by atoms with van der Waals surface area (Å²) in [6.45, 7) is 0. The van der Waals surface area contributed by atoms with E-state index in [1.165, 1.54) is 12.1 Å². The van der Waals surface area contributed by atoms with Crippen LogP contribution >= 0.6 is 0 Å². The fourth-order valence-electron chi connectivity index (χ4n) is 1.42. The average molecular weight is 220 g/mol. The van der Waals surface area contributed by atoms with Gasteiger partial charge in [0.15, 0.2) is 5.52 Å². The molecule has 6 N–H and O–H groups in total. The number of nitro benzene ring substituents is 1. The van der Waals surface area contributed by atoms with E-state index >= 15 is 0 Å². The van der Waals surface area contributed by atoms with Crippen LogP contribution in [0.4, 0.5) is 23.1 Å². The first-order valence-corrected chi connectivity index (χ1v) is 4.25. The lowest BCUT2D eigenvalue weighted by Gasteiger charge is -2.04. The van der Waals surface area contributed by atoms with Crippen molar-refractivity contribution in [3.05, 3.63) is 22.2 Å². The molecule has 0 atom stereocenters. The van der Waals surface area contributed by atoms with Gasteiger partial charge in [0.25, 0.3) is 5.69 Å². The standard InChI is InChI=1S/C8H8N6O2/c9-3-1-4-6(5(2-3)14(15)16)12-8(11)13-7(4)10/h1-2H,9H2,(H4,10,11,12,13). The van der Waals surface area contributed by atoms with Crippen LogP contribution in [0.2, 0.25) is 0 Å². The lowest BCUT2D eigenvalue weighted by Crippen LogP contribution is -2.03. The summed E-state index contributed by atoms with van der Waals surface area (Å²) in [5.74, 6) is -0.0456. The minimum absolute atomic E-state index is 0.0675. The van der Waals surface area contributed by atoms with E-state index in [1.54, 1.807) is 0 Å². The van der Waals surface area contributed by atoms with Crippen molar-refractivity contribution in [1.29, 1.82) is 0 Å². The molecule has 0 bridgehead atoms. The highest BCUT2D eigenvalue weighted by Gasteiger charge is 2.17. The number of anilines is 3. The fourth-order valence-corrected chi connectivity index (χ4v) is 1.42. The zero-order valence-corrected chi connectivity index (χ0v) is 8.04. The second-order valence-corrected chi connectivity index (χ2v) is 3.16. The number of benzene rings is 1. The minimum atomic E-state index is -0.593. The van der Waals surface area contributed by atoms with E-state index in [-0.39, 0.29) is 28.7 Å². The van der Waals surface area contributed by atoms with Crippen molar-refractivity contribution in [1.82, 2.24) is 9.97 Å². The van der Waals surface area contributed by atoms with Crippen LogP contribution < -0.4 is 17.2 Å². The Morgan fingerprint density at radius 2 is 1.88 bits per heavy atom. The van der Waals surface area contributed by atoms with Gasteiger partial charge in [-0.05, 0) is 6.07 Å². The average Bonchev–Trinajstić information content (AvgIpc) is 2.18. The maximum Gasteiger partial charge on any atom is 0.297 e. The molecule has 2 rings (SSSR count). The van der Waals surface area contributed by atoms with Crippen LogP contribution in [0.3, 0.4) is 0 Å². The van der Waals surface area contributed by atoms with Gasteiger partial charge in [-0.1, -0.05) is 0 Å². The molecule has 1 aromatic carbocycles. The first-order chi connectivity index (χ1) is 7.49. The van der Waals surface area contributed by atoms with Crippen LogP contribution in [0.25, 0.3) is 10.9 Å². The summed E-state index contributed by atoms with van der Waals surface area (Å²) < 4.78 is 0. The van der Waals surface area contributed by atoms with Crippen LogP contribution in [0.1, 0.15) is 0 Å². The zero-order chi connectivity index (χ0) is 11.9. The Hall–Kier alpha value is -2.64. The molecule has 0 spiro atoms. The summed E-state index contributed by atoms with van der Waals surface area (Å²) in [7, 11) is 0. The third-order valence-corrected chi connectivity index (χ3v) is 2.05. The number of aromatic nitrogens is 2. The Morgan fingerprint density at radius 1 is 1.19 bits per heavy atom. The highest BCUT2D eigenvalue weighted by Crippen LogP contribution is 2.30. The van der Waals surface area contributed by atoms with Gasteiger partial charge in [0.1, 0.15) is 5.82 Å². The summed E-state index contributed by atoms with van der Waals surface area (Å²) in [5.41, 5.74) is 16.6. The normalized spacial score (nSPS) is 10.5. The molecular weight excluding hydrogens is 212 g/mol. The first kappa shape index (κ1) is 9.90. The Labute approximate surface area is 89.2 Å². The Bertz CT molecular complexity index is 597. The van der Waals surface area contributed by atoms with Gasteiger partial charge < -0.3 is 17.2 Å². The van der Waals surface area contributed by atoms with Crippen molar-refractivity contribution in [3.8, 4) is 0 Å². The molecule has 82 valence electrons. The molecule has 0 aliphatic rings. The number of nitrogens with two attached hydrogens (primary N) is 3. The second-order valence-electron chi connectivity index (χ2n) is 3.16. The number of fused-ring (bicyclic) bond motifs is 1. The monoisotopic (exact) mass is 220 g/mol. The number of hydrogen-bond donors (Lipinski definition) is 3. The molecule has 1 heterocycles. The van der Waals surface area contributed by atoms with Crippen molar-refractivity contribution >= 4 is 34.0 Å². The molecule has 1 aromatic heterocycles. The van der Waals surface area contributed by atoms with E-state index in [1.807, 2.05) is 0 Å². The molecule has 0 saturated heterocycles. The van der Waals surface area contributed by atoms with E-state index in [0.717, 1.165) is 0 Å². The van der Waals surface area contributed by atoms with Gasteiger partial charge in [-0.15, -0.1) is 0 Å². The van der Waals surface area contributed by atoms with Gasteiger partial charge in [0.05, 0.1) is 10.3 Å². The summed E-state index contributed by atoms with van der Waals surface area (Å²) in [5, 5.41) is 11.1. The van der Waals surface area contributed by atoms with E-state index in [0.29, 0.717) is 5.39 Å². The summed E-state index contributed by atoms with van der Waals surface area (Å²) >= 11 is 0. The SMILES string of the molecule is Nc1cc([N+](=O)[O-])c2nc(N)nc(N)c2c1. The van der Waals surface area contributed by atoms with Gasteiger partial charge in [0, 0.05) is 11.8 Å². The number of nitro groups is 1. The summed E-state index contributed by atoms with van der Waals surface area (Å²) in [6.07, 6.45) is 0.